The molecule has 0 aliphatic rings. The molecular weight excluding hydrogens is 234 g/mol. The van der Waals surface area contributed by atoms with E-state index >= 15 is 0 Å². The standard InChI is InChI=1S/C17H27NO/c1-5-9-16-11-7-10-14(3)17(16)19-13-8-12-18-15(4)6-2/h5,7,10-11,15,18H,1,6,8-9,12-13H2,2-4H3/t15-/m0/s1. The minimum Gasteiger partial charge on any atom is -0.493 e. The van der Waals surface area contributed by atoms with Crippen LogP contribution in [0.5, 0.6) is 5.75 Å². The lowest BCUT2D eigenvalue weighted by Crippen LogP contribution is -2.27. The summed E-state index contributed by atoms with van der Waals surface area (Å²) in [6, 6.07) is 6.88. The van der Waals surface area contributed by atoms with Gasteiger partial charge in [-0.05, 0) is 50.8 Å². The molecule has 0 aliphatic carbocycles. The predicted octanol–water partition coefficient (Wildman–Crippen LogP) is 3.88. The van der Waals surface area contributed by atoms with Gasteiger partial charge in [-0.3, -0.25) is 0 Å². The van der Waals surface area contributed by atoms with Crippen molar-refractivity contribution in [3.8, 4) is 5.75 Å². The van der Waals surface area contributed by atoms with Crippen LogP contribution >= 0.6 is 0 Å². The van der Waals surface area contributed by atoms with E-state index < -0.39 is 0 Å². The molecule has 0 aliphatic heterocycles. The van der Waals surface area contributed by atoms with Crippen molar-refractivity contribution in [3.63, 3.8) is 0 Å². The topological polar surface area (TPSA) is 21.3 Å². The molecule has 1 N–H and O–H groups in total. The summed E-state index contributed by atoms with van der Waals surface area (Å²) in [4.78, 5) is 0. The Morgan fingerprint density at radius 3 is 2.89 bits per heavy atom. The largest absolute Gasteiger partial charge is 0.493 e. The van der Waals surface area contributed by atoms with Crippen molar-refractivity contribution in [2.45, 2.75) is 46.1 Å². The van der Waals surface area contributed by atoms with Crippen molar-refractivity contribution in [2.75, 3.05) is 13.2 Å². The third-order valence-corrected chi connectivity index (χ3v) is 3.33. The zero-order valence-electron chi connectivity index (χ0n) is 12.5. The highest BCUT2D eigenvalue weighted by molar-refractivity contribution is 5.41. The molecule has 1 aromatic rings. The van der Waals surface area contributed by atoms with Crippen molar-refractivity contribution in [2.24, 2.45) is 0 Å². The zero-order chi connectivity index (χ0) is 14.1. The molecule has 1 rings (SSSR count). The molecular formula is C17H27NO. The lowest BCUT2D eigenvalue weighted by molar-refractivity contribution is 0.301. The van der Waals surface area contributed by atoms with Gasteiger partial charge in [-0.1, -0.05) is 31.2 Å². The Bertz CT molecular complexity index is 387. The summed E-state index contributed by atoms with van der Waals surface area (Å²) in [5.74, 6) is 1.03. The van der Waals surface area contributed by atoms with Crippen LogP contribution in [0, 0.1) is 6.92 Å². The number of nitrogens with one attached hydrogen (secondary N) is 1. The van der Waals surface area contributed by atoms with Gasteiger partial charge < -0.3 is 10.1 Å². The van der Waals surface area contributed by atoms with E-state index in [1.54, 1.807) is 0 Å². The Hall–Kier alpha value is -1.28. The maximum Gasteiger partial charge on any atom is 0.125 e. The van der Waals surface area contributed by atoms with E-state index in [1.807, 2.05) is 6.08 Å². The monoisotopic (exact) mass is 261 g/mol. The highest BCUT2D eigenvalue weighted by Crippen LogP contribution is 2.24. The van der Waals surface area contributed by atoms with Gasteiger partial charge in [-0.2, -0.15) is 0 Å². The summed E-state index contributed by atoms with van der Waals surface area (Å²) >= 11 is 0. The van der Waals surface area contributed by atoms with Crippen LogP contribution in [0.1, 0.15) is 37.8 Å². The van der Waals surface area contributed by atoms with Crippen LogP contribution in [0.4, 0.5) is 0 Å². The van der Waals surface area contributed by atoms with E-state index in [9.17, 15) is 0 Å². The summed E-state index contributed by atoms with van der Waals surface area (Å²) in [6.07, 6.45) is 4.99. The number of aryl methyl sites for hydroxylation is 1. The predicted molar refractivity (Wildman–Crippen MR) is 82.9 cm³/mol. The van der Waals surface area contributed by atoms with Crippen molar-refractivity contribution in [1.29, 1.82) is 0 Å². The fraction of sp³-hybridized carbons (Fsp3) is 0.529. The first-order chi connectivity index (χ1) is 9.19. The third-order valence-electron chi connectivity index (χ3n) is 3.33. The van der Waals surface area contributed by atoms with E-state index in [2.05, 4.69) is 50.9 Å². The normalized spacial score (nSPS) is 12.2. The molecule has 0 aromatic heterocycles. The van der Waals surface area contributed by atoms with Crippen molar-refractivity contribution in [3.05, 3.63) is 42.0 Å². The lowest BCUT2D eigenvalue weighted by Gasteiger charge is -2.14. The maximum atomic E-state index is 5.95. The Morgan fingerprint density at radius 1 is 1.42 bits per heavy atom. The molecule has 0 unspecified atom stereocenters. The Kier molecular flexibility index (Phi) is 7.27. The molecule has 0 amide bonds. The SMILES string of the molecule is C=CCc1cccc(C)c1OCCCN[C@@H](C)CC. The second-order valence-corrected chi connectivity index (χ2v) is 5.02. The van der Waals surface area contributed by atoms with Crippen LogP contribution in [-0.4, -0.2) is 19.2 Å². The Morgan fingerprint density at radius 2 is 2.21 bits per heavy atom. The average Bonchev–Trinajstić information content (AvgIpc) is 2.41. The second-order valence-electron chi connectivity index (χ2n) is 5.02. The smallest absolute Gasteiger partial charge is 0.125 e. The molecule has 1 atom stereocenters. The molecule has 0 fully saturated rings. The molecule has 106 valence electrons. The highest BCUT2D eigenvalue weighted by Gasteiger charge is 2.05. The summed E-state index contributed by atoms with van der Waals surface area (Å²) < 4.78 is 5.95. The number of benzene rings is 1. The first-order valence-electron chi connectivity index (χ1n) is 7.24. The fourth-order valence-electron chi connectivity index (χ4n) is 1.98. The van der Waals surface area contributed by atoms with Crippen molar-refractivity contribution < 1.29 is 4.74 Å². The number of allylic oxidation sites excluding steroid dienone is 1. The van der Waals surface area contributed by atoms with E-state index in [1.165, 1.54) is 17.5 Å². The lowest BCUT2D eigenvalue weighted by atomic mass is 10.1. The minimum absolute atomic E-state index is 0.592. The first-order valence-corrected chi connectivity index (χ1v) is 7.24. The molecule has 1 aromatic carbocycles. The van der Waals surface area contributed by atoms with Crippen LogP contribution in [-0.2, 0) is 6.42 Å². The van der Waals surface area contributed by atoms with Crippen LogP contribution in [0.15, 0.2) is 30.9 Å². The van der Waals surface area contributed by atoms with Gasteiger partial charge in [0.05, 0.1) is 6.61 Å². The Labute approximate surface area is 117 Å². The summed E-state index contributed by atoms with van der Waals surface area (Å²) in [5, 5.41) is 3.48. The Balaban J connectivity index is 2.42. The number of rotatable bonds is 9. The molecule has 0 saturated carbocycles. The van der Waals surface area contributed by atoms with Gasteiger partial charge >= 0.3 is 0 Å². The van der Waals surface area contributed by atoms with E-state index in [0.717, 1.165) is 31.7 Å². The van der Waals surface area contributed by atoms with Gasteiger partial charge in [0, 0.05) is 6.04 Å². The van der Waals surface area contributed by atoms with E-state index in [0.29, 0.717) is 6.04 Å². The van der Waals surface area contributed by atoms with Crippen LogP contribution in [0.2, 0.25) is 0 Å². The minimum atomic E-state index is 0.592. The second kappa shape index (κ2) is 8.76. The number of hydrogen-bond donors (Lipinski definition) is 1. The first kappa shape index (κ1) is 15.8. The molecule has 0 bridgehead atoms. The van der Waals surface area contributed by atoms with Crippen molar-refractivity contribution >= 4 is 0 Å². The van der Waals surface area contributed by atoms with Crippen LogP contribution in [0.25, 0.3) is 0 Å². The van der Waals surface area contributed by atoms with Crippen LogP contribution < -0.4 is 10.1 Å². The molecule has 0 radical (unpaired) electrons. The van der Waals surface area contributed by atoms with Gasteiger partial charge in [-0.25, -0.2) is 0 Å². The molecule has 19 heavy (non-hydrogen) atoms. The van der Waals surface area contributed by atoms with E-state index in [4.69, 9.17) is 4.74 Å². The molecule has 0 saturated heterocycles. The molecule has 0 heterocycles. The van der Waals surface area contributed by atoms with E-state index in [-0.39, 0.29) is 0 Å². The summed E-state index contributed by atoms with van der Waals surface area (Å²) in [5.41, 5.74) is 2.43. The number of para-hydroxylation sites is 1. The maximum absolute atomic E-state index is 5.95. The van der Waals surface area contributed by atoms with Gasteiger partial charge in [0.2, 0.25) is 0 Å². The number of hydrogen-bond acceptors (Lipinski definition) is 2. The zero-order valence-corrected chi connectivity index (χ0v) is 12.5. The van der Waals surface area contributed by atoms with Crippen LogP contribution in [0.3, 0.4) is 0 Å². The summed E-state index contributed by atoms with van der Waals surface area (Å²) in [6.45, 7) is 12.1. The molecule has 2 heteroatoms. The molecule has 2 nitrogen and oxygen atoms in total. The highest BCUT2D eigenvalue weighted by atomic mass is 16.5. The fourth-order valence-corrected chi connectivity index (χ4v) is 1.98. The van der Waals surface area contributed by atoms with Crippen molar-refractivity contribution in [1.82, 2.24) is 5.32 Å². The van der Waals surface area contributed by atoms with Gasteiger partial charge in [0.15, 0.2) is 0 Å². The average molecular weight is 261 g/mol. The van der Waals surface area contributed by atoms with Gasteiger partial charge in [0.25, 0.3) is 0 Å². The van der Waals surface area contributed by atoms with Gasteiger partial charge in [0.1, 0.15) is 5.75 Å². The van der Waals surface area contributed by atoms with Gasteiger partial charge in [-0.15, -0.1) is 6.58 Å². The molecule has 0 spiro atoms. The third kappa shape index (κ3) is 5.48. The number of ether oxygens (including phenoxy) is 1. The summed E-state index contributed by atoms with van der Waals surface area (Å²) in [7, 11) is 0. The quantitative estimate of drug-likeness (QED) is 0.538.